The van der Waals surface area contributed by atoms with E-state index >= 15 is 0 Å². The van der Waals surface area contributed by atoms with Crippen LogP contribution in [0, 0.1) is 5.92 Å². The largest absolute Gasteiger partial charge is 0.494 e. The molecule has 1 aromatic heterocycles. The zero-order chi connectivity index (χ0) is 22.9. The summed E-state index contributed by atoms with van der Waals surface area (Å²) in [6.07, 6.45) is 21.9. The maximum Gasteiger partial charge on any atom is 0.128 e. The van der Waals surface area contributed by atoms with E-state index in [0.717, 1.165) is 48.1 Å². The lowest BCUT2D eigenvalue weighted by Crippen LogP contribution is -1.97. The van der Waals surface area contributed by atoms with Crippen molar-refractivity contribution in [1.29, 1.82) is 0 Å². The molecule has 0 aliphatic heterocycles. The summed E-state index contributed by atoms with van der Waals surface area (Å²) >= 11 is 0. The zero-order valence-electron chi connectivity index (χ0n) is 21.0. The second-order valence-electron chi connectivity index (χ2n) is 9.35. The average molecular weight is 439 g/mol. The molecule has 0 saturated carbocycles. The van der Waals surface area contributed by atoms with Crippen LogP contribution in [-0.2, 0) is 6.42 Å². The van der Waals surface area contributed by atoms with Crippen molar-refractivity contribution in [2.24, 2.45) is 5.92 Å². The van der Waals surface area contributed by atoms with Gasteiger partial charge in [0.2, 0.25) is 0 Å². The molecule has 0 saturated heterocycles. The second kappa shape index (κ2) is 16.7. The van der Waals surface area contributed by atoms with E-state index in [9.17, 15) is 0 Å². The van der Waals surface area contributed by atoms with Crippen LogP contribution >= 0.6 is 0 Å². The fourth-order valence-corrected chi connectivity index (χ4v) is 3.96. The first-order valence-corrected chi connectivity index (χ1v) is 13.3. The van der Waals surface area contributed by atoms with Crippen LogP contribution in [0.3, 0.4) is 0 Å². The Hall–Kier alpha value is -1.90. The summed E-state index contributed by atoms with van der Waals surface area (Å²) in [5.74, 6) is 2.80. The molecule has 1 aromatic carbocycles. The van der Waals surface area contributed by atoms with E-state index in [1.165, 1.54) is 77.0 Å². The van der Waals surface area contributed by atoms with Crippen LogP contribution in [0.15, 0.2) is 36.7 Å². The summed E-state index contributed by atoms with van der Waals surface area (Å²) in [4.78, 5) is 9.19. The SMILES string of the molecule is CCCCCCCCOc1ccc(-c2cnc(CCCCCCC[C@@H](C)CC)nc2)cc1. The number of aryl methyl sites for hydroxylation is 1. The van der Waals surface area contributed by atoms with Crippen LogP contribution in [-0.4, -0.2) is 16.6 Å². The highest BCUT2D eigenvalue weighted by Crippen LogP contribution is 2.22. The van der Waals surface area contributed by atoms with Crippen LogP contribution in [0.25, 0.3) is 11.1 Å². The van der Waals surface area contributed by atoms with E-state index in [1.54, 1.807) is 0 Å². The zero-order valence-corrected chi connectivity index (χ0v) is 21.0. The van der Waals surface area contributed by atoms with Gasteiger partial charge in [-0.3, -0.25) is 0 Å². The van der Waals surface area contributed by atoms with Crippen molar-refractivity contribution in [2.75, 3.05) is 6.61 Å². The molecule has 0 aliphatic rings. The van der Waals surface area contributed by atoms with E-state index in [0.29, 0.717) is 0 Å². The van der Waals surface area contributed by atoms with Gasteiger partial charge in [-0.05, 0) is 36.5 Å². The van der Waals surface area contributed by atoms with E-state index < -0.39 is 0 Å². The lowest BCUT2D eigenvalue weighted by molar-refractivity contribution is 0.304. The predicted molar refractivity (Wildman–Crippen MR) is 137 cm³/mol. The first kappa shape index (κ1) is 26.4. The van der Waals surface area contributed by atoms with Gasteiger partial charge in [0.05, 0.1) is 6.61 Å². The Balaban J connectivity index is 1.62. The number of benzene rings is 1. The van der Waals surface area contributed by atoms with Gasteiger partial charge in [-0.15, -0.1) is 0 Å². The molecule has 178 valence electrons. The summed E-state index contributed by atoms with van der Waals surface area (Å²) in [6, 6.07) is 8.33. The first-order chi connectivity index (χ1) is 15.7. The van der Waals surface area contributed by atoms with Crippen LogP contribution in [0.1, 0.15) is 110 Å². The Morgan fingerprint density at radius 2 is 1.34 bits per heavy atom. The molecule has 0 unspecified atom stereocenters. The van der Waals surface area contributed by atoms with Crippen molar-refractivity contribution < 1.29 is 4.74 Å². The number of hydrogen-bond acceptors (Lipinski definition) is 3. The minimum atomic E-state index is 0.807. The van der Waals surface area contributed by atoms with Gasteiger partial charge in [0.1, 0.15) is 11.6 Å². The van der Waals surface area contributed by atoms with E-state index in [1.807, 2.05) is 12.4 Å². The van der Waals surface area contributed by atoms with Crippen LogP contribution in [0.2, 0.25) is 0 Å². The molecule has 0 bridgehead atoms. The molecular weight excluding hydrogens is 392 g/mol. The quantitative estimate of drug-likeness (QED) is 0.218. The molecule has 3 heteroatoms. The highest BCUT2D eigenvalue weighted by molar-refractivity contribution is 5.62. The molecule has 0 fully saturated rings. The third kappa shape index (κ3) is 11.1. The van der Waals surface area contributed by atoms with Crippen LogP contribution < -0.4 is 4.74 Å². The molecule has 0 aliphatic carbocycles. The minimum absolute atomic E-state index is 0.807. The highest BCUT2D eigenvalue weighted by Gasteiger charge is 2.03. The van der Waals surface area contributed by atoms with Gasteiger partial charge in [0.25, 0.3) is 0 Å². The van der Waals surface area contributed by atoms with Gasteiger partial charge in [-0.25, -0.2) is 9.97 Å². The lowest BCUT2D eigenvalue weighted by atomic mass is 10.00. The monoisotopic (exact) mass is 438 g/mol. The molecule has 1 atom stereocenters. The molecule has 1 heterocycles. The molecule has 0 spiro atoms. The summed E-state index contributed by atoms with van der Waals surface area (Å²) < 4.78 is 5.89. The first-order valence-electron chi connectivity index (χ1n) is 13.3. The molecule has 2 rings (SSSR count). The molecule has 0 amide bonds. The van der Waals surface area contributed by atoms with Crippen molar-refractivity contribution in [3.8, 4) is 16.9 Å². The topological polar surface area (TPSA) is 35.0 Å². The molecular formula is C29H46N2O. The Morgan fingerprint density at radius 3 is 2.03 bits per heavy atom. The van der Waals surface area contributed by atoms with Gasteiger partial charge >= 0.3 is 0 Å². The maximum absolute atomic E-state index is 5.89. The van der Waals surface area contributed by atoms with Crippen molar-refractivity contribution in [2.45, 2.75) is 111 Å². The Morgan fingerprint density at radius 1 is 0.719 bits per heavy atom. The standard InChI is InChI=1S/C29H46N2O/c1-4-6-7-8-12-15-22-32-28-20-18-26(19-21-28)27-23-30-29(31-24-27)17-14-11-9-10-13-16-25(3)5-2/h18-21,23-25H,4-17,22H2,1-3H3/t25-/m0/s1. The molecule has 0 N–H and O–H groups in total. The van der Waals surface area contributed by atoms with Gasteiger partial charge in [0.15, 0.2) is 0 Å². The normalized spacial score (nSPS) is 12.1. The smallest absolute Gasteiger partial charge is 0.128 e. The fraction of sp³-hybridized carbons (Fsp3) is 0.655. The van der Waals surface area contributed by atoms with Gasteiger partial charge in [0, 0.05) is 24.4 Å². The number of ether oxygens (including phenoxy) is 1. The number of hydrogen-bond donors (Lipinski definition) is 0. The average Bonchev–Trinajstić information content (AvgIpc) is 2.83. The highest BCUT2D eigenvalue weighted by atomic mass is 16.5. The van der Waals surface area contributed by atoms with Crippen molar-refractivity contribution in [3.63, 3.8) is 0 Å². The summed E-state index contributed by atoms with van der Waals surface area (Å²) in [6.45, 7) is 7.71. The summed E-state index contributed by atoms with van der Waals surface area (Å²) in [5, 5.41) is 0. The molecule has 0 radical (unpaired) electrons. The second-order valence-corrected chi connectivity index (χ2v) is 9.35. The molecule has 3 nitrogen and oxygen atoms in total. The third-order valence-electron chi connectivity index (χ3n) is 6.45. The Bertz CT molecular complexity index is 696. The van der Waals surface area contributed by atoms with Crippen molar-refractivity contribution >= 4 is 0 Å². The molecule has 32 heavy (non-hydrogen) atoms. The number of nitrogens with zero attached hydrogens (tertiary/aromatic N) is 2. The summed E-state index contributed by atoms with van der Waals surface area (Å²) in [7, 11) is 0. The maximum atomic E-state index is 5.89. The summed E-state index contributed by atoms with van der Waals surface area (Å²) in [5.41, 5.74) is 2.21. The third-order valence-corrected chi connectivity index (χ3v) is 6.45. The van der Waals surface area contributed by atoms with E-state index in [2.05, 4.69) is 55.0 Å². The Kier molecular flexibility index (Phi) is 13.7. The molecule has 2 aromatic rings. The number of unbranched alkanes of at least 4 members (excludes halogenated alkanes) is 9. The van der Waals surface area contributed by atoms with Gasteiger partial charge < -0.3 is 4.74 Å². The van der Waals surface area contributed by atoms with Crippen molar-refractivity contribution in [3.05, 3.63) is 42.5 Å². The fourth-order valence-electron chi connectivity index (χ4n) is 3.96. The lowest BCUT2D eigenvalue weighted by Gasteiger charge is -2.08. The predicted octanol–water partition coefficient (Wildman–Crippen LogP) is 8.81. The number of aromatic nitrogens is 2. The van der Waals surface area contributed by atoms with Gasteiger partial charge in [-0.1, -0.05) is 104 Å². The van der Waals surface area contributed by atoms with E-state index in [-0.39, 0.29) is 0 Å². The van der Waals surface area contributed by atoms with E-state index in [4.69, 9.17) is 4.74 Å². The van der Waals surface area contributed by atoms with Crippen LogP contribution in [0.5, 0.6) is 5.75 Å². The number of rotatable bonds is 18. The van der Waals surface area contributed by atoms with Gasteiger partial charge in [-0.2, -0.15) is 0 Å². The van der Waals surface area contributed by atoms with Crippen LogP contribution in [0.4, 0.5) is 0 Å². The Labute approximate surface area is 197 Å². The van der Waals surface area contributed by atoms with Crippen molar-refractivity contribution in [1.82, 2.24) is 9.97 Å². The minimum Gasteiger partial charge on any atom is -0.494 e.